The number of nitrogens with zero attached hydrogens (tertiary/aromatic N) is 3. The molecule has 0 N–H and O–H groups in total. The Morgan fingerprint density at radius 2 is 1.61 bits per heavy atom. The largest absolute Gasteiger partial charge is 0.462 e. The van der Waals surface area contributed by atoms with E-state index in [0.717, 1.165) is 16.5 Å². The summed E-state index contributed by atoms with van der Waals surface area (Å²) in [6.07, 6.45) is 0. The molecular weight excluding hydrogens is 545 g/mol. The summed E-state index contributed by atoms with van der Waals surface area (Å²) in [6, 6.07) is 18.5. The number of aromatic nitrogens is 1. The molecule has 9 heteroatoms. The van der Waals surface area contributed by atoms with E-state index in [2.05, 4.69) is 0 Å². The van der Waals surface area contributed by atoms with E-state index in [1.165, 1.54) is 16.7 Å². The van der Waals surface area contributed by atoms with E-state index < -0.39 is 11.5 Å². The predicted molar refractivity (Wildman–Crippen MR) is 161 cm³/mol. The fraction of sp³-hybridized carbons (Fsp3) is 0.281. The Morgan fingerprint density at radius 3 is 2.24 bits per heavy atom. The lowest BCUT2D eigenvalue weighted by Crippen LogP contribution is -2.49. The summed E-state index contributed by atoms with van der Waals surface area (Å²) in [6.45, 7) is 5.60. The molecule has 5 rings (SSSR count). The molecule has 0 spiro atoms. The van der Waals surface area contributed by atoms with E-state index in [0.29, 0.717) is 48.0 Å². The summed E-state index contributed by atoms with van der Waals surface area (Å²) in [7, 11) is 0. The number of halogens is 2. The Balaban J connectivity index is 0.00000387. The molecule has 7 nitrogen and oxygen atoms in total. The van der Waals surface area contributed by atoms with Crippen molar-refractivity contribution in [1.29, 1.82) is 0 Å². The molecule has 0 aliphatic carbocycles. The number of hydrogen-bond acceptors (Lipinski definition) is 5. The number of rotatable bonds is 6. The Bertz CT molecular complexity index is 1630. The first-order valence-corrected chi connectivity index (χ1v) is 13.5. The van der Waals surface area contributed by atoms with Gasteiger partial charge in [-0.3, -0.25) is 9.59 Å². The van der Waals surface area contributed by atoms with E-state index in [1.807, 2.05) is 30.0 Å². The standard InChI is InChI=1S/C31H29ClFN3O4.CH4/c1-3-40-31(39)27-28(34-14-16-35(17-15-34)29(37)22-7-9-23(32)10-8-22)25-18-20(2)4-13-26(25)36(30(27)38)19-21-5-11-24(33)12-6-21;/h4-13,18H,3,14-17,19H2,1-2H3;1H4. The molecular formula is C32H33ClFN3O4. The SMILES string of the molecule is C.CCOC(=O)c1c(N2CCN(C(=O)c3ccc(Cl)cc3)CC2)c2cc(C)ccc2n(Cc2ccc(F)cc2)c1=O. The van der Waals surface area contributed by atoms with E-state index in [1.54, 1.807) is 48.2 Å². The van der Waals surface area contributed by atoms with Crippen LogP contribution < -0.4 is 10.5 Å². The number of carbonyl (C=O) groups is 2. The molecule has 1 fully saturated rings. The van der Waals surface area contributed by atoms with Crippen LogP contribution in [0.3, 0.4) is 0 Å². The molecule has 41 heavy (non-hydrogen) atoms. The van der Waals surface area contributed by atoms with Gasteiger partial charge in [0.2, 0.25) is 0 Å². The van der Waals surface area contributed by atoms with Crippen LogP contribution in [0.15, 0.2) is 71.5 Å². The number of benzene rings is 3. The molecule has 1 amide bonds. The van der Waals surface area contributed by atoms with Crippen molar-refractivity contribution in [2.24, 2.45) is 0 Å². The van der Waals surface area contributed by atoms with Gasteiger partial charge in [-0.2, -0.15) is 0 Å². The number of amides is 1. The number of piperazine rings is 1. The van der Waals surface area contributed by atoms with Crippen molar-refractivity contribution in [3.8, 4) is 0 Å². The third-order valence-corrected chi connectivity index (χ3v) is 7.35. The smallest absolute Gasteiger partial charge is 0.345 e. The van der Waals surface area contributed by atoms with E-state index in [4.69, 9.17) is 16.3 Å². The van der Waals surface area contributed by atoms with E-state index >= 15 is 0 Å². The quantitative estimate of drug-likeness (QED) is 0.266. The maximum Gasteiger partial charge on any atom is 0.345 e. The van der Waals surface area contributed by atoms with Gasteiger partial charge in [-0.25, -0.2) is 9.18 Å². The molecule has 0 atom stereocenters. The van der Waals surface area contributed by atoms with Gasteiger partial charge in [0.1, 0.15) is 11.4 Å². The molecule has 4 aromatic rings. The van der Waals surface area contributed by atoms with Gasteiger partial charge in [0.25, 0.3) is 11.5 Å². The van der Waals surface area contributed by atoms with Crippen LogP contribution in [0, 0.1) is 12.7 Å². The van der Waals surface area contributed by atoms with E-state index in [-0.39, 0.29) is 37.9 Å². The Labute approximate surface area is 243 Å². The molecule has 2 heterocycles. The zero-order valence-corrected chi connectivity index (χ0v) is 23.1. The highest BCUT2D eigenvalue weighted by atomic mass is 35.5. The minimum Gasteiger partial charge on any atom is -0.462 e. The lowest BCUT2D eigenvalue weighted by molar-refractivity contribution is 0.0523. The van der Waals surface area contributed by atoms with Crippen molar-refractivity contribution >= 4 is 40.1 Å². The van der Waals surface area contributed by atoms with Crippen LogP contribution in [-0.2, 0) is 11.3 Å². The first-order valence-electron chi connectivity index (χ1n) is 13.2. The van der Waals surface area contributed by atoms with Crippen molar-refractivity contribution in [2.75, 3.05) is 37.7 Å². The molecule has 0 radical (unpaired) electrons. The molecule has 214 valence electrons. The van der Waals surface area contributed by atoms with Gasteiger partial charge in [-0.15, -0.1) is 0 Å². The van der Waals surface area contributed by atoms with Crippen molar-refractivity contribution in [3.63, 3.8) is 0 Å². The second kappa shape index (κ2) is 12.6. The summed E-state index contributed by atoms with van der Waals surface area (Å²) < 4.78 is 20.4. The van der Waals surface area contributed by atoms with Gasteiger partial charge in [-0.05, 0) is 67.9 Å². The maximum absolute atomic E-state index is 14.0. The van der Waals surface area contributed by atoms with Gasteiger partial charge in [0, 0.05) is 42.2 Å². The summed E-state index contributed by atoms with van der Waals surface area (Å²) in [4.78, 5) is 44.1. The maximum atomic E-state index is 14.0. The third-order valence-electron chi connectivity index (χ3n) is 7.10. The minimum absolute atomic E-state index is 0. The van der Waals surface area contributed by atoms with Crippen LogP contribution in [0.1, 0.15) is 46.2 Å². The normalized spacial score (nSPS) is 13.2. The summed E-state index contributed by atoms with van der Waals surface area (Å²) in [5.74, 6) is -1.16. The van der Waals surface area contributed by atoms with Crippen LogP contribution in [-0.4, -0.2) is 54.1 Å². The lowest BCUT2D eigenvalue weighted by Gasteiger charge is -2.37. The number of pyridine rings is 1. The predicted octanol–water partition coefficient (Wildman–Crippen LogP) is 5.93. The molecule has 3 aromatic carbocycles. The lowest BCUT2D eigenvalue weighted by atomic mass is 10.0. The van der Waals surface area contributed by atoms with Crippen molar-refractivity contribution in [2.45, 2.75) is 27.8 Å². The Hall–Kier alpha value is -4.17. The molecule has 1 aliphatic heterocycles. The fourth-order valence-electron chi connectivity index (χ4n) is 5.11. The van der Waals surface area contributed by atoms with Crippen LogP contribution in [0.2, 0.25) is 5.02 Å². The highest BCUT2D eigenvalue weighted by Gasteiger charge is 2.30. The van der Waals surface area contributed by atoms with Gasteiger partial charge in [-0.1, -0.05) is 42.8 Å². The summed E-state index contributed by atoms with van der Waals surface area (Å²) >= 11 is 5.97. The number of hydrogen-bond donors (Lipinski definition) is 0. The topological polar surface area (TPSA) is 71.8 Å². The second-order valence-electron chi connectivity index (χ2n) is 9.77. The number of anilines is 1. The summed E-state index contributed by atoms with van der Waals surface area (Å²) in [5, 5.41) is 1.30. The zero-order chi connectivity index (χ0) is 28.4. The summed E-state index contributed by atoms with van der Waals surface area (Å²) in [5.41, 5.74) is 2.89. The van der Waals surface area contributed by atoms with Gasteiger partial charge < -0.3 is 19.1 Å². The number of esters is 1. The number of aryl methyl sites for hydroxylation is 1. The van der Waals surface area contributed by atoms with Crippen LogP contribution >= 0.6 is 11.6 Å². The fourth-order valence-corrected chi connectivity index (χ4v) is 5.23. The number of ether oxygens (including phenoxy) is 1. The van der Waals surface area contributed by atoms with Crippen molar-refractivity contribution in [1.82, 2.24) is 9.47 Å². The van der Waals surface area contributed by atoms with Crippen molar-refractivity contribution < 1.29 is 18.7 Å². The average molecular weight is 578 g/mol. The molecule has 0 bridgehead atoms. The highest BCUT2D eigenvalue weighted by Crippen LogP contribution is 2.32. The Kier molecular flexibility index (Phi) is 9.13. The average Bonchev–Trinajstić information content (AvgIpc) is 2.95. The molecule has 0 saturated carbocycles. The number of carbonyl (C=O) groups excluding carboxylic acids is 2. The van der Waals surface area contributed by atoms with Gasteiger partial charge in [0.05, 0.1) is 24.4 Å². The van der Waals surface area contributed by atoms with Crippen LogP contribution in [0.25, 0.3) is 10.9 Å². The van der Waals surface area contributed by atoms with Gasteiger partial charge in [0.15, 0.2) is 0 Å². The molecule has 1 aliphatic rings. The van der Waals surface area contributed by atoms with Crippen LogP contribution in [0.5, 0.6) is 0 Å². The molecule has 0 unspecified atom stereocenters. The first-order chi connectivity index (χ1) is 19.3. The zero-order valence-electron chi connectivity index (χ0n) is 22.3. The highest BCUT2D eigenvalue weighted by molar-refractivity contribution is 6.30. The Morgan fingerprint density at radius 1 is 0.951 bits per heavy atom. The minimum atomic E-state index is -0.696. The second-order valence-corrected chi connectivity index (χ2v) is 10.2. The van der Waals surface area contributed by atoms with Crippen LogP contribution in [0.4, 0.5) is 10.1 Å². The number of fused-ring (bicyclic) bond motifs is 1. The van der Waals surface area contributed by atoms with Crippen molar-refractivity contribution in [3.05, 3.63) is 110 Å². The molecule has 1 saturated heterocycles. The monoisotopic (exact) mass is 577 g/mol. The first kappa shape index (κ1) is 29.8. The van der Waals surface area contributed by atoms with E-state index in [9.17, 15) is 18.8 Å². The van der Waals surface area contributed by atoms with Gasteiger partial charge >= 0.3 is 5.97 Å². The molecule has 1 aromatic heterocycles. The third kappa shape index (κ3) is 6.12.